The van der Waals surface area contributed by atoms with Gasteiger partial charge in [0.15, 0.2) is 0 Å². The van der Waals surface area contributed by atoms with Crippen molar-refractivity contribution >= 4 is 27.8 Å². The molecule has 7 heteroatoms. The number of amides is 1. The van der Waals surface area contributed by atoms with Crippen LogP contribution < -0.4 is 0 Å². The lowest BCUT2D eigenvalue weighted by Crippen LogP contribution is -2.46. The van der Waals surface area contributed by atoms with E-state index in [0.29, 0.717) is 17.6 Å². The van der Waals surface area contributed by atoms with E-state index in [4.69, 9.17) is 4.74 Å². The number of ether oxygens (including phenoxy) is 2. The number of carbonyl (C=O) groups is 2. The van der Waals surface area contributed by atoms with Gasteiger partial charge in [0.25, 0.3) is 5.91 Å². The summed E-state index contributed by atoms with van der Waals surface area (Å²) in [7, 11) is 1.30. The predicted molar refractivity (Wildman–Crippen MR) is 76.4 cm³/mol. The standard InChI is InChI=1S/C14H15BrFNO4/c1-20-13(18)7-12-8-17(2-3-21-12)14(19)9-4-10(15)6-11(16)5-9/h4-6,12H,2-3,7-8H2,1H3. The van der Waals surface area contributed by atoms with Gasteiger partial charge in [0.2, 0.25) is 0 Å². The van der Waals surface area contributed by atoms with Crippen molar-refractivity contribution in [3.8, 4) is 0 Å². The number of carbonyl (C=O) groups excluding carboxylic acids is 2. The van der Waals surface area contributed by atoms with Crippen molar-refractivity contribution < 1.29 is 23.5 Å². The van der Waals surface area contributed by atoms with E-state index in [1.54, 1.807) is 11.0 Å². The summed E-state index contributed by atoms with van der Waals surface area (Å²) < 4.78 is 23.9. The third-order valence-corrected chi connectivity index (χ3v) is 3.62. The molecule has 5 nitrogen and oxygen atoms in total. The third-order valence-electron chi connectivity index (χ3n) is 3.16. The summed E-state index contributed by atoms with van der Waals surface area (Å²) in [6.45, 7) is 1.02. The Morgan fingerprint density at radius 2 is 2.24 bits per heavy atom. The number of esters is 1. The molecule has 2 rings (SSSR count). The van der Waals surface area contributed by atoms with Crippen LogP contribution in [0.3, 0.4) is 0 Å². The van der Waals surface area contributed by atoms with Gasteiger partial charge in [0, 0.05) is 23.1 Å². The van der Waals surface area contributed by atoms with Gasteiger partial charge in [-0.25, -0.2) is 4.39 Å². The lowest BCUT2D eigenvalue weighted by molar-refractivity contribution is -0.145. The Kier molecular flexibility index (Phi) is 5.30. The second-order valence-electron chi connectivity index (χ2n) is 4.68. The smallest absolute Gasteiger partial charge is 0.308 e. The second-order valence-corrected chi connectivity index (χ2v) is 5.60. The topological polar surface area (TPSA) is 55.8 Å². The third kappa shape index (κ3) is 4.25. The fourth-order valence-electron chi connectivity index (χ4n) is 2.16. The first-order valence-corrected chi connectivity index (χ1v) is 7.22. The van der Waals surface area contributed by atoms with Crippen LogP contribution in [0.4, 0.5) is 4.39 Å². The molecule has 0 N–H and O–H groups in total. The van der Waals surface area contributed by atoms with Crippen LogP contribution in [0.2, 0.25) is 0 Å². The van der Waals surface area contributed by atoms with E-state index in [2.05, 4.69) is 20.7 Å². The van der Waals surface area contributed by atoms with Crippen LogP contribution in [0.15, 0.2) is 22.7 Å². The monoisotopic (exact) mass is 359 g/mol. The summed E-state index contributed by atoms with van der Waals surface area (Å²) in [4.78, 5) is 25.2. The van der Waals surface area contributed by atoms with Crippen LogP contribution in [-0.2, 0) is 14.3 Å². The molecule has 114 valence electrons. The van der Waals surface area contributed by atoms with Crippen LogP contribution in [0.1, 0.15) is 16.8 Å². The molecule has 1 unspecified atom stereocenters. The number of hydrogen-bond acceptors (Lipinski definition) is 4. The highest BCUT2D eigenvalue weighted by Gasteiger charge is 2.27. The minimum absolute atomic E-state index is 0.0904. The molecule has 0 spiro atoms. The summed E-state index contributed by atoms with van der Waals surface area (Å²) >= 11 is 3.16. The lowest BCUT2D eigenvalue weighted by atomic mass is 10.1. The number of benzene rings is 1. The molecule has 1 aliphatic heterocycles. The van der Waals surface area contributed by atoms with Gasteiger partial charge in [0.1, 0.15) is 5.82 Å². The average molecular weight is 360 g/mol. The molecule has 1 amide bonds. The van der Waals surface area contributed by atoms with Crippen LogP contribution in [0, 0.1) is 5.82 Å². The van der Waals surface area contributed by atoms with E-state index in [-0.39, 0.29) is 30.4 Å². The first-order valence-electron chi connectivity index (χ1n) is 6.43. The number of hydrogen-bond donors (Lipinski definition) is 0. The van der Waals surface area contributed by atoms with Crippen LogP contribution in [0.5, 0.6) is 0 Å². The Hall–Kier alpha value is -1.47. The zero-order valence-corrected chi connectivity index (χ0v) is 13.1. The van der Waals surface area contributed by atoms with Crippen molar-refractivity contribution in [1.29, 1.82) is 0 Å². The summed E-state index contributed by atoms with van der Waals surface area (Å²) in [5.41, 5.74) is 0.264. The van der Waals surface area contributed by atoms with E-state index >= 15 is 0 Å². The number of nitrogens with zero attached hydrogens (tertiary/aromatic N) is 1. The van der Waals surface area contributed by atoms with Gasteiger partial charge in [-0.15, -0.1) is 0 Å². The minimum Gasteiger partial charge on any atom is -0.469 e. The highest BCUT2D eigenvalue weighted by atomic mass is 79.9. The van der Waals surface area contributed by atoms with Crippen LogP contribution in [0.25, 0.3) is 0 Å². The Morgan fingerprint density at radius 3 is 2.90 bits per heavy atom. The van der Waals surface area contributed by atoms with Gasteiger partial charge in [-0.2, -0.15) is 0 Å². The van der Waals surface area contributed by atoms with E-state index in [0.717, 1.165) is 0 Å². The number of methoxy groups -OCH3 is 1. The maximum absolute atomic E-state index is 13.4. The Morgan fingerprint density at radius 1 is 1.48 bits per heavy atom. The summed E-state index contributed by atoms with van der Waals surface area (Å²) in [6.07, 6.45) is -0.306. The fourth-order valence-corrected chi connectivity index (χ4v) is 2.62. The molecule has 1 atom stereocenters. The van der Waals surface area contributed by atoms with E-state index in [1.165, 1.54) is 19.2 Å². The molecule has 0 bridgehead atoms. The first kappa shape index (κ1) is 15.9. The van der Waals surface area contributed by atoms with Crippen molar-refractivity contribution in [2.75, 3.05) is 26.8 Å². The maximum atomic E-state index is 13.4. The van der Waals surface area contributed by atoms with Gasteiger partial charge < -0.3 is 14.4 Å². The highest BCUT2D eigenvalue weighted by Crippen LogP contribution is 2.18. The normalized spacial score (nSPS) is 18.4. The zero-order valence-electron chi connectivity index (χ0n) is 11.5. The Bertz CT molecular complexity index is 532. The van der Waals surface area contributed by atoms with Crippen molar-refractivity contribution in [3.05, 3.63) is 34.1 Å². The molecule has 1 heterocycles. The van der Waals surface area contributed by atoms with Gasteiger partial charge in [-0.3, -0.25) is 9.59 Å². The lowest BCUT2D eigenvalue weighted by Gasteiger charge is -2.32. The maximum Gasteiger partial charge on any atom is 0.308 e. The molecule has 1 saturated heterocycles. The molecule has 1 fully saturated rings. The Labute approximate surface area is 130 Å². The molecule has 0 radical (unpaired) electrons. The molecule has 0 aromatic heterocycles. The minimum atomic E-state index is -0.480. The highest BCUT2D eigenvalue weighted by molar-refractivity contribution is 9.10. The van der Waals surface area contributed by atoms with Gasteiger partial charge in [0.05, 0.1) is 26.2 Å². The molecule has 1 aromatic rings. The zero-order chi connectivity index (χ0) is 15.4. The molecular weight excluding hydrogens is 345 g/mol. The SMILES string of the molecule is COC(=O)CC1CN(C(=O)c2cc(F)cc(Br)c2)CCO1. The molecule has 0 saturated carbocycles. The van der Waals surface area contributed by atoms with Gasteiger partial charge in [-0.1, -0.05) is 15.9 Å². The predicted octanol–water partition coefficient (Wildman–Crippen LogP) is 1.99. The van der Waals surface area contributed by atoms with Crippen molar-refractivity contribution in [1.82, 2.24) is 4.90 Å². The number of halogens is 2. The van der Waals surface area contributed by atoms with E-state index in [9.17, 15) is 14.0 Å². The number of morpholine rings is 1. The Balaban J connectivity index is 2.06. The molecule has 1 aliphatic rings. The molecule has 0 aliphatic carbocycles. The molecule has 1 aromatic carbocycles. The van der Waals surface area contributed by atoms with E-state index < -0.39 is 11.9 Å². The average Bonchev–Trinajstić information content (AvgIpc) is 2.45. The molecule has 21 heavy (non-hydrogen) atoms. The van der Waals surface area contributed by atoms with E-state index in [1.807, 2.05) is 0 Å². The largest absolute Gasteiger partial charge is 0.469 e. The fraction of sp³-hybridized carbons (Fsp3) is 0.429. The van der Waals surface area contributed by atoms with Crippen LogP contribution in [-0.4, -0.2) is 49.7 Å². The van der Waals surface area contributed by atoms with Crippen LogP contribution >= 0.6 is 15.9 Å². The summed E-state index contributed by atoms with van der Waals surface area (Å²) in [5.74, 6) is -1.15. The van der Waals surface area contributed by atoms with Crippen molar-refractivity contribution in [2.45, 2.75) is 12.5 Å². The first-order chi connectivity index (χ1) is 9.99. The second kappa shape index (κ2) is 7.00. The van der Waals surface area contributed by atoms with Crippen molar-refractivity contribution in [3.63, 3.8) is 0 Å². The number of rotatable bonds is 3. The van der Waals surface area contributed by atoms with Gasteiger partial charge >= 0.3 is 5.97 Å². The van der Waals surface area contributed by atoms with Crippen molar-refractivity contribution in [2.24, 2.45) is 0 Å². The van der Waals surface area contributed by atoms with Gasteiger partial charge in [-0.05, 0) is 18.2 Å². The quantitative estimate of drug-likeness (QED) is 0.774. The summed E-state index contributed by atoms with van der Waals surface area (Å²) in [6, 6.07) is 4.05. The molecular formula is C14H15BrFNO4. The summed E-state index contributed by atoms with van der Waals surface area (Å²) in [5, 5.41) is 0.